The van der Waals surface area contributed by atoms with E-state index in [0.717, 1.165) is 67.5 Å². The molecule has 1 amide bonds. The van der Waals surface area contributed by atoms with Gasteiger partial charge < -0.3 is 9.47 Å². The standard InChI is InChI=1S/C25H31FN2O5S/c1-16-6-7-18(23(11-16)32-2)14-28-10-4-5-19(15-28)33-24-13-22(26)21(12-20(24)17-8-9-17)25(29)27-34(3,30)31/h6-7,11-13,17,19H,4-5,8-10,14-15H2,1-3H3,(H,27,29)/t19-/m1/s1. The van der Waals surface area contributed by atoms with Gasteiger partial charge in [0.2, 0.25) is 10.0 Å². The van der Waals surface area contributed by atoms with Gasteiger partial charge in [0.25, 0.3) is 5.91 Å². The summed E-state index contributed by atoms with van der Waals surface area (Å²) in [6.45, 7) is 4.39. The Morgan fingerprint density at radius 2 is 1.94 bits per heavy atom. The van der Waals surface area contributed by atoms with Crippen molar-refractivity contribution >= 4 is 15.9 Å². The summed E-state index contributed by atoms with van der Waals surface area (Å²) in [5.74, 6) is -0.265. The highest BCUT2D eigenvalue weighted by Gasteiger charge is 2.31. The monoisotopic (exact) mass is 490 g/mol. The summed E-state index contributed by atoms with van der Waals surface area (Å²) in [5, 5.41) is 0. The Morgan fingerprint density at radius 3 is 2.62 bits per heavy atom. The zero-order valence-corrected chi connectivity index (χ0v) is 20.6. The van der Waals surface area contributed by atoms with Crippen molar-refractivity contribution in [2.45, 2.75) is 51.2 Å². The molecule has 34 heavy (non-hydrogen) atoms. The van der Waals surface area contributed by atoms with Crippen molar-refractivity contribution in [1.82, 2.24) is 9.62 Å². The van der Waals surface area contributed by atoms with Crippen molar-refractivity contribution in [3.63, 3.8) is 0 Å². The van der Waals surface area contributed by atoms with Crippen molar-refractivity contribution in [1.29, 1.82) is 0 Å². The highest BCUT2D eigenvalue weighted by atomic mass is 32.2. The molecule has 1 atom stereocenters. The van der Waals surface area contributed by atoms with E-state index in [9.17, 15) is 17.6 Å². The van der Waals surface area contributed by atoms with E-state index in [1.54, 1.807) is 7.11 Å². The Labute approximate surface area is 200 Å². The third-order valence-corrected chi connectivity index (χ3v) is 6.79. The fraction of sp³-hybridized carbons (Fsp3) is 0.480. The molecule has 2 aromatic carbocycles. The van der Waals surface area contributed by atoms with Crippen LogP contribution in [0.25, 0.3) is 0 Å². The number of rotatable bonds is 8. The second kappa shape index (κ2) is 9.92. The Hall–Kier alpha value is -2.65. The van der Waals surface area contributed by atoms with Crippen LogP contribution in [0, 0.1) is 12.7 Å². The van der Waals surface area contributed by atoms with Crippen molar-refractivity contribution in [2.75, 3.05) is 26.5 Å². The van der Waals surface area contributed by atoms with E-state index in [1.807, 2.05) is 17.7 Å². The minimum atomic E-state index is -3.79. The minimum Gasteiger partial charge on any atom is -0.496 e. The highest BCUT2D eigenvalue weighted by Crippen LogP contribution is 2.45. The molecule has 0 radical (unpaired) electrons. The topological polar surface area (TPSA) is 84.9 Å². The van der Waals surface area contributed by atoms with E-state index in [-0.39, 0.29) is 17.6 Å². The summed E-state index contributed by atoms with van der Waals surface area (Å²) in [4.78, 5) is 14.6. The zero-order valence-electron chi connectivity index (χ0n) is 19.8. The van der Waals surface area contributed by atoms with Gasteiger partial charge in [0.1, 0.15) is 23.4 Å². The van der Waals surface area contributed by atoms with Gasteiger partial charge in [-0.25, -0.2) is 17.5 Å². The maximum Gasteiger partial charge on any atom is 0.267 e. The van der Waals surface area contributed by atoms with Crippen LogP contribution in [0.3, 0.4) is 0 Å². The summed E-state index contributed by atoms with van der Waals surface area (Å²) in [6, 6.07) is 8.86. The number of likely N-dealkylation sites (tertiary alicyclic amines) is 1. The molecule has 1 aliphatic carbocycles. The Kier molecular flexibility index (Phi) is 7.14. The lowest BCUT2D eigenvalue weighted by molar-refractivity contribution is 0.0827. The molecule has 7 nitrogen and oxygen atoms in total. The summed E-state index contributed by atoms with van der Waals surface area (Å²) in [5.41, 5.74) is 2.73. The molecule has 1 saturated heterocycles. The molecular weight excluding hydrogens is 459 g/mol. The first-order valence-corrected chi connectivity index (χ1v) is 13.4. The molecular formula is C25H31FN2O5S. The number of aryl methyl sites for hydroxylation is 1. The van der Waals surface area contributed by atoms with E-state index in [1.165, 1.54) is 12.1 Å². The van der Waals surface area contributed by atoms with Gasteiger partial charge in [-0.3, -0.25) is 9.69 Å². The third-order valence-electron chi connectivity index (χ3n) is 6.23. The molecule has 0 aromatic heterocycles. The fourth-order valence-electron chi connectivity index (χ4n) is 4.44. The lowest BCUT2D eigenvalue weighted by atomic mass is 10.0. The first-order valence-electron chi connectivity index (χ1n) is 11.5. The summed E-state index contributed by atoms with van der Waals surface area (Å²) >= 11 is 0. The van der Waals surface area contributed by atoms with Crippen molar-refractivity contribution in [3.05, 3.63) is 58.4 Å². The molecule has 4 rings (SSSR count). The van der Waals surface area contributed by atoms with Gasteiger partial charge in [-0.2, -0.15) is 0 Å². The van der Waals surface area contributed by atoms with E-state index in [0.29, 0.717) is 12.3 Å². The van der Waals surface area contributed by atoms with E-state index in [2.05, 4.69) is 17.0 Å². The SMILES string of the molecule is COc1cc(C)ccc1CN1CCC[C@@H](Oc2cc(F)c(C(=O)NS(C)(=O)=O)cc2C2CC2)C1. The molecule has 9 heteroatoms. The molecule has 0 unspecified atom stereocenters. The van der Waals surface area contributed by atoms with Crippen molar-refractivity contribution in [2.24, 2.45) is 0 Å². The minimum absolute atomic E-state index is 0.113. The molecule has 1 heterocycles. The first kappa shape index (κ1) is 24.5. The van der Waals surface area contributed by atoms with Gasteiger partial charge in [-0.15, -0.1) is 0 Å². The molecule has 184 valence electrons. The molecule has 2 aliphatic rings. The number of amides is 1. The molecule has 1 aliphatic heterocycles. The summed E-state index contributed by atoms with van der Waals surface area (Å²) < 4.78 is 51.3. The average molecular weight is 491 g/mol. The van der Waals surface area contributed by atoms with Gasteiger partial charge in [-0.05, 0) is 68.3 Å². The lowest BCUT2D eigenvalue weighted by Crippen LogP contribution is -2.40. The number of carbonyl (C=O) groups is 1. The number of carbonyl (C=O) groups excluding carboxylic acids is 1. The number of hydrogen-bond donors (Lipinski definition) is 1. The van der Waals surface area contributed by atoms with Gasteiger partial charge in [-0.1, -0.05) is 12.1 Å². The van der Waals surface area contributed by atoms with Crippen LogP contribution < -0.4 is 14.2 Å². The third kappa shape index (κ3) is 6.07. The number of benzene rings is 2. The van der Waals surface area contributed by atoms with Crippen LogP contribution in [-0.2, 0) is 16.6 Å². The van der Waals surface area contributed by atoms with Crippen LogP contribution in [0.2, 0.25) is 0 Å². The lowest BCUT2D eigenvalue weighted by Gasteiger charge is -2.33. The zero-order chi connectivity index (χ0) is 24.5. The predicted molar refractivity (Wildman–Crippen MR) is 127 cm³/mol. The number of ether oxygens (including phenoxy) is 2. The van der Waals surface area contributed by atoms with Crippen molar-refractivity contribution < 1.29 is 27.1 Å². The second-order valence-electron chi connectivity index (χ2n) is 9.28. The molecule has 1 N–H and O–H groups in total. The molecule has 2 fully saturated rings. The number of nitrogens with one attached hydrogen (secondary N) is 1. The number of nitrogens with zero attached hydrogens (tertiary/aromatic N) is 1. The van der Waals surface area contributed by atoms with Gasteiger partial charge in [0, 0.05) is 24.7 Å². The first-order chi connectivity index (χ1) is 16.1. The molecule has 0 bridgehead atoms. The number of hydrogen-bond acceptors (Lipinski definition) is 6. The van der Waals surface area contributed by atoms with Crippen molar-refractivity contribution in [3.8, 4) is 11.5 Å². The maximum absolute atomic E-state index is 14.8. The highest BCUT2D eigenvalue weighted by molar-refractivity contribution is 7.89. The van der Waals surface area contributed by atoms with Crippen LogP contribution in [0.5, 0.6) is 11.5 Å². The fourth-order valence-corrected chi connectivity index (χ4v) is 4.89. The molecule has 2 aromatic rings. The summed E-state index contributed by atoms with van der Waals surface area (Å²) in [7, 11) is -2.12. The van der Waals surface area contributed by atoms with E-state index < -0.39 is 21.7 Å². The number of sulfonamides is 1. The van der Waals surface area contributed by atoms with Gasteiger partial charge >= 0.3 is 0 Å². The largest absolute Gasteiger partial charge is 0.496 e. The normalized spacial score (nSPS) is 19.0. The van der Waals surface area contributed by atoms with Crippen LogP contribution in [-0.4, -0.2) is 51.8 Å². The summed E-state index contributed by atoms with van der Waals surface area (Å²) in [6.07, 6.45) is 4.41. The predicted octanol–water partition coefficient (Wildman–Crippen LogP) is 3.75. The van der Waals surface area contributed by atoms with Crippen LogP contribution >= 0.6 is 0 Å². The smallest absolute Gasteiger partial charge is 0.267 e. The molecule has 0 spiro atoms. The Morgan fingerprint density at radius 1 is 1.18 bits per heavy atom. The van der Waals surface area contributed by atoms with Crippen LogP contribution in [0.15, 0.2) is 30.3 Å². The quantitative estimate of drug-likeness (QED) is 0.607. The van der Waals surface area contributed by atoms with Gasteiger partial charge in [0.05, 0.1) is 18.9 Å². The van der Waals surface area contributed by atoms with E-state index in [4.69, 9.17) is 9.47 Å². The average Bonchev–Trinajstić information content (AvgIpc) is 3.59. The molecule has 1 saturated carbocycles. The van der Waals surface area contributed by atoms with Crippen LogP contribution in [0.1, 0.15) is 58.6 Å². The van der Waals surface area contributed by atoms with Gasteiger partial charge in [0.15, 0.2) is 0 Å². The number of piperidine rings is 1. The van der Waals surface area contributed by atoms with E-state index >= 15 is 0 Å². The Balaban J connectivity index is 1.50. The van der Waals surface area contributed by atoms with Crippen LogP contribution in [0.4, 0.5) is 4.39 Å². The number of methoxy groups -OCH3 is 1. The second-order valence-corrected chi connectivity index (χ2v) is 11.0. The Bertz CT molecular complexity index is 1180. The number of halogens is 1. The maximum atomic E-state index is 14.8.